The number of carbonyl (C=O) groups is 1. The highest BCUT2D eigenvalue weighted by molar-refractivity contribution is 5.93. The molecule has 1 unspecified atom stereocenters. The first kappa shape index (κ1) is 17.3. The molecule has 3 rings (SSSR count). The van der Waals surface area contributed by atoms with Crippen molar-refractivity contribution < 1.29 is 14.4 Å². The number of hydrogen-bond donors (Lipinski definition) is 2. The summed E-state index contributed by atoms with van der Waals surface area (Å²) >= 11 is 0. The molecule has 134 valence electrons. The van der Waals surface area contributed by atoms with E-state index in [1.807, 2.05) is 56.8 Å². The minimum atomic E-state index is -0.688. The highest BCUT2D eigenvalue weighted by atomic mass is 16.7. The van der Waals surface area contributed by atoms with Crippen LogP contribution < -0.4 is 15.9 Å². The normalized spacial score (nSPS) is 15.9. The zero-order chi connectivity index (χ0) is 18.2. The van der Waals surface area contributed by atoms with E-state index in [9.17, 15) is 4.79 Å². The van der Waals surface area contributed by atoms with E-state index in [1.54, 1.807) is 18.3 Å². The van der Waals surface area contributed by atoms with Gasteiger partial charge in [-0.25, -0.2) is 9.80 Å². The molecule has 0 amide bonds. The van der Waals surface area contributed by atoms with Gasteiger partial charge in [-0.05, 0) is 33.9 Å². The second-order valence-corrected chi connectivity index (χ2v) is 6.99. The zero-order valence-electron chi connectivity index (χ0n) is 15.2. The average molecular weight is 344 g/mol. The molecule has 1 aliphatic rings. The number of ether oxygens (including phenoxy) is 1. The number of anilines is 1. The molecule has 7 heteroatoms. The van der Waals surface area contributed by atoms with Gasteiger partial charge < -0.3 is 19.5 Å². The third kappa shape index (κ3) is 3.47. The van der Waals surface area contributed by atoms with Gasteiger partial charge in [-0.3, -0.25) is 0 Å². The molecule has 1 atom stereocenters. The predicted molar refractivity (Wildman–Crippen MR) is 96.4 cm³/mol. The second kappa shape index (κ2) is 6.42. The number of aryl methyl sites for hydroxylation is 1. The Bertz CT molecular complexity index is 819. The molecule has 2 N–H and O–H groups in total. The van der Waals surface area contributed by atoms with Crippen molar-refractivity contribution in [2.24, 2.45) is 7.05 Å². The third-order valence-corrected chi connectivity index (χ3v) is 3.87. The molecule has 0 spiro atoms. The largest absolute Gasteiger partial charge is 0.458 e. The van der Waals surface area contributed by atoms with Crippen LogP contribution in [0.2, 0.25) is 0 Å². The number of fused-ring (bicyclic) bond motifs is 1. The van der Waals surface area contributed by atoms with E-state index in [1.165, 1.54) is 0 Å². The van der Waals surface area contributed by atoms with Crippen molar-refractivity contribution >= 4 is 22.6 Å². The molecule has 0 radical (unpaired) electrons. The Hall–Kier alpha value is -2.51. The van der Waals surface area contributed by atoms with Crippen molar-refractivity contribution in [2.75, 3.05) is 12.1 Å². The summed E-state index contributed by atoms with van der Waals surface area (Å²) in [7, 11) is 3.68. The van der Waals surface area contributed by atoms with Gasteiger partial charge in [0.2, 0.25) is 0 Å². The number of rotatable bonds is 4. The number of aromatic nitrogens is 1. The molecule has 2 aromatic rings. The van der Waals surface area contributed by atoms with Crippen molar-refractivity contribution in [3.05, 3.63) is 42.4 Å². The molecule has 0 fully saturated rings. The Kier molecular flexibility index (Phi) is 4.45. The number of likely N-dealkylation sites (N-methyl/N-ethyl adjacent to an activating group) is 1. The summed E-state index contributed by atoms with van der Waals surface area (Å²) in [4.78, 5) is 17.9. The Morgan fingerprint density at radius 2 is 2.04 bits per heavy atom. The van der Waals surface area contributed by atoms with Crippen LogP contribution >= 0.6 is 0 Å². The van der Waals surface area contributed by atoms with Gasteiger partial charge in [0.1, 0.15) is 5.60 Å². The van der Waals surface area contributed by atoms with Crippen LogP contribution in [0.4, 0.5) is 5.69 Å². The van der Waals surface area contributed by atoms with E-state index in [0.29, 0.717) is 5.76 Å². The number of para-hydroxylation sites is 1. The van der Waals surface area contributed by atoms with E-state index in [4.69, 9.17) is 9.57 Å². The second-order valence-electron chi connectivity index (χ2n) is 6.99. The van der Waals surface area contributed by atoms with Crippen LogP contribution in [-0.2, 0) is 21.4 Å². The van der Waals surface area contributed by atoms with Crippen LogP contribution in [0.5, 0.6) is 0 Å². The van der Waals surface area contributed by atoms with Gasteiger partial charge in [0.15, 0.2) is 11.8 Å². The highest BCUT2D eigenvalue weighted by Crippen LogP contribution is 2.30. The molecule has 1 aliphatic heterocycles. The Balaban J connectivity index is 1.87. The van der Waals surface area contributed by atoms with Crippen LogP contribution in [0.3, 0.4) is 0 Å². The smallest absolute Gasteiger partial charge is 0.331 e. The van der Waals surface area contributed by atoms with Gasteiger partial charge in [0.25, 0.3) is 0 Å². The molecular weight excluding hydrogens is 320 g/mol. The minimum Gasteiger partial charge on any atom is -0.458 e. The number of nitrogens with one attached hydrogen (secondary N) is 2. The van der Waals surface area contributed by atoms with Gasteiger partial charge in [0.05, 0.1) is 11.9 Å². The number of hydrogen-bond acceptors (Lipinski definition) is 6. The Labute approximate surface area is 147 Å². The summed E-state index contributed by atoms with van der Waals surface area (Å²) in [6, 6.07) is 7.40. The first-order valence-electron chi connectivity index (χ1n) is 8.18. The quantitative estimate of drug-likeness (QED) is 0.829. The van der Waals surface area contributed by atoms with Crippen molar-refractivity contribution in [3.8, 4) is 0 Å². The minimum absolute atomic E-state index is 0.386. The summed E-state index contributed by atoms with van der Waals surface area (Å²) < 4.78 is 7.49. The predicted octanol–water partition coefficient (Wildman–Crippen LogP) is 2.21. The fourth-order valence-electron chi connectivity index (χ4n) is 2.78. The summed E-state index contributed by atoms with van der Waals surface area (Å²) in [5.74, 6) is 0.0625. The molecule has 2 heterocycles. The maximum absolute atomic E-state index is 12.4. The standard InChI is InChI=1S/C18H24N4O3/c1-18(2,3)24-17(23)16(19-4)15-11-22(20-25-15)14-10-21(5)13-9-7-6-8-12(13)14/h6-11,16,19-20H,1-5H3. The molecule has 1 aromatic heterocycles. The Morgan fingerprint density at radius 3 is 2.72 bits per heavy atom. The topological polar surface area (TPSA) is 67.8 Å². The van der Waals surface area contributed by atoms with Crippen LogP contribution in [0.15, 0.2) is 42.4 Å². The van der Waals surface area contributed by atoms with Gasteiger partial charge in [-0.2, -0.15) is 0 Å². The molecule has 0 aliphatic carbocycles. The molecule has 0 bridgehead atoms. The number of hydrazine groups is 1. The average Bonchev–Trinajstić information content (AvgIpc) is 3.12. The highest BCUT2D eigenvalue weighted by Gasteiger charge is 2.32. The van der Waals surface area contributed by atoms with Crippen LogP contribution in [-0.4, -0.2) is 29.2 Å². The lowest BCUT2D eigenvalue weighted by Gasteiger charge is -2.23. The van der Waals surface area contributed by atoms with Gasteiger partial charge in [-0.1, -0.05) is 23.8 Å². The Morgan fingerprint density at radius 1 is 1.32 bits per heavy atom. The molecule has 1 aromatic carbocycles. The summed E-state index contributed by atoms with van der Waals surface area (Å²) in [6.07, 6.45) is 3.76. The third-order valence-electron chi connectivity index (χ3n) is 3.87. The van der Waals surface area contributed by atoms with Crippen molar-refractivity contribution in [2.45, 2.75) is 32.4 Å². The SMILES string of the molecule is CNC(C(=O)OC(C)(C)C)C1=CN(c2cn(C)c3ccccc23)NO1. The fraction of sp³-hybridized carbons (Fsp3) is 0.389. The lowest BCUT2D eigenvalue weighted by Crippen LogP contribution is -2.41. The first-order valence-corrected chi connectivity index (χ1v) is 8.18. The molecule has 0 saturated heterocycles. The molecule has 25 heavy (non-hydrogen) atoms. The fourth-order valence-corrected chi connectivity index (χ4v) is 2.78. The van der Waals surface area contributed by atoms with E-state index >= 15 is 0 Å². The van der Waals surface area contributed by atoms with Crippen LogP contribution in [0.1, 0.15) is 20.8 Å². The number of benzene rings is 1. The summed E-state index contributed by atoms with van der Waals surface area (Å²) in [6.45, 7) is 5.51. The summed E-state index contributed by atoms with van der Waals surface area (Å²) in [5, 5.41) is 5.78. The van der Waals surface area contributed by atoms with Crippen molar-refractivity contribution in [1.82, 2.24) is 15.5 Å². The van der Waals surface area contributed by atoms with Crippen LogP contribution in [0, 0.1) is 0 Å². The monoisotopic (exact) mass is 344 g/mol. The van der Waals surface area contributed by atoms with Crippen molar-refractivity contribution in [1.29, 1.82) is 0 Å². The van der Waals surface area contributed by atoms with Gasteiger partial charge in [-0.15, -0.1) is 0 Å². The van der Waals surface area contributed by atoms with Gasteiger partial charge >= 0.3 is 5.97 Å². The first-order chi connectivity index (χ1) is 11.8. The van der Waals surface area contributed by atoms with Crippen molar-refractivity contribution in [3.63, 3.8) is 0 Å². The van der Waals surface area contributed by atoms with E-state index in [2.05, 4.69) is 17.0 Å². The maximum Gasteiger partial charge on any atom is 0.331 e. The van der Waals surface area contributed by atoms with E-state index in [-0.39, 0.29) is 5.97 Å². The lowest BCUT2D eigenvalue weighted by molar-refractivity contribution is -0.157. The number of carbonyl (C=O) groups excluding carboxylic acids is 1. The van der Waals surface area contributed by atoms with E-state index < -0.39 is 11.6 Å². The van der Waals surface area contributed by atoms with E-state index in [0.717, 1.165) is 16.6 Å². The van der Waals surface area contributed by atoms with Gasteiger partial charge in [0, 0.05) is 24.1 Å². The molecular formula is C18H24N4O3. The number of esters is 1. The lowest BCUT2D eigenvalue weighted by atomic mass is 10.2. The summed E-state index contributed by atoms with van der Waals surface area (Å²) in [5.41, 5.74) is 4.33. The zero-order valence-corrected chi connectivity index (χ0v) is 15.2. The molecule has 7 nitrogen and oxygen atoms in total. The number of nitrogens with zero attached hydrogens (tertiary/aromatic N) is 2. The maximum atomic E-state index is 12.4. The van der Waals surface area contributed by atoms with Crippen LogP contribution in [0.25, 0.3) is 10.9 Å². The molecule has 0 saturated carbocycles.